The number of ether oxygens (including phenoxy) is 1. The highest BCUT2D eigenvalue weighted by molar-refractivity contribution is 6.35. The lowest BCUT2D eigenvalue weighted by molar-refractivity contribution is -0.128. The maximum Gasteiger partial charge on any atom is 0.261 e. The predicted molar refractivity (Wildman–Crippen MR) is 94.5 cm³/mol. The second-order valence-corrected chi connectivity index (χ2v) is 6.15. The van der Waals surface area contributed by atoms with Crippen LogP contribution < -0.4 is 10.1 Å². The van der Waals surface area contributed by atoms with Crippen molar-refractivity contribution in [3.63, 3.8) is 0 Å². The minimum Gasteiger partial charge on any atom is -0.479 e. The summed E-state index contributed by atoms with van der Waals surface area (Å²) in [6, 6.07) is 12.2. The van der Waals surface area contributed by atoms with Gasteiger partial charge in [0.05, 0.1) is 5.02 Å². The number of rotatable bonds is 6. The molecule has 6 heteroatoms. The average molecular weight is 373 g/mol. The quantitative estimate of drug-likeness (QED) is 0.764. The number of para-hydroxylation sites is 1. The molecule has 0 aliphatic rings. The normalized spacial score (nSPS) is 11.8. The molecule has 0 saturated carbocycles. The van der Waals surface area contributed by atoms with E-state index in [0.29, 0.717) is 33.8 Å². The molecule has 0 fully saturated rings. The van der Waals surface area contributed by atoms with E-state index >= 15 is 0 Å². The summed E-state index contributed by atoms with van der Waals surface area (Å²) in [4.78, 5) is 12.3. The van der Waals surface area contributed by atoms with Crippen LogP contribution in [0.15, 0.2) is 42.5 Å². The van der Waals surface area contributed by atoms with Gasteiger partial charge in [-0.05, 0) is 36.2 Å². The molecule has 0 aromatic heterocycles. The number of hydrogen-bond donors (Lipinski definition) is 1. The average Bonchev–Trinajstić information content (AvgIpc) is 2.53. The van der Waals surface area contributed by atoms with E-state index in [-0.39, 0.29) is 5.91 Å². The molecule has 3 nitrogen and oxygen atoms in total. The zero-order chi connectivity index (χ0) is 16.8. The first-order chi connectivity index (χ1) is 11.0. The topological polar surface area (TPSA) is 38.3 Å². The molecule has 2 aromatic carbocycles. The van der Waals surface area contributed by atoms with Crippen molar-refractivity contribution in [1.29, 1.82) is 0 Å². The Balaban J connectivity index is 1.99. The molecule has 2 rings (SSSR count). The predicted octanol–water partition coefficient (Wildman–Crippen LogP) is 5.12. The molecule has 1 N–H and O–H groups in total. The van der Waals surface area contributed by atoms with Crippen LogP contribution in [0.4, 0.5) is 0 Å². The second-order valence-electron chi connectivity index (χ2n) is 4.90. The summed E-state index contributed by atoms with van der Waals surface area (Å²) >= 11 is 18.0. The highest BCUT2D eigenvalue weighted by atomic mass is 35.5. The first-order valence-electron chi connectivity index (χ1n) is 7.14. The lowest BCUT2D eigenvalue weighted by atomic mass is 10.2. The summed E-state index contributed by atoms with van der Waals surface area (Å²) in [6.07, 6.45) is -0.105. The standard InChI is InChI=1S/C17H16Cl3NO2/c1-2-15(23-16-6-4-3-5-13(16)19)17(22)21-10-11-7-8-12(18)9-14(11)20/h3-9,15H,2,10H2,1H3,(H,21,22)/t15-/m0/s1. The summed E-state index contributed by atoms with van der Waals surface area (Å²) < 4.78 is 5.70. The summed E-state index contributed by atoms with van der Waals surface area (Å²) in [5.41, 5.74) is 0.789. The largest absolute Gasteiger partial charge is 0.479 e. The molecule has 0 heterocycles. The number of halogens is 3. The van der Waals surface area contributed by atoms with E-state index in [9.17, 15) is 4.79 Å². The van der Waals surface area contributed by atoms with Gasteiger partial charge in [-0.1, -0.05) is 59.9 Å². The number of amides is 1. The maximum absolute atomic E-state index is 12.3. The molecule has 23 heavy (non-hydrogen) atoms. The molecular weight excluding hydrogens is 357 g/mol. The first-order valence-corrected chi connectivity index (χ1v) is 8.27. The van der Waals surface area contributed by atoms with E-state index in [4.69, 9.17) is 39.5 Å². The molecule has 0 radical (unpaired) electrons. The zero-order valence-corrected chi connectivity index (χ0v) is 14.8. The van der Waals surface area contributed by atoms with Gasteiger partial charge in [0.25, 0.3) is 5.91 Å². The van der Waals surface area contributed by atoms with Gasteiger partial charge in [0.2, 0.25) is 0 Å². The summed E-state index contributed by atoms with van der Waals surface area (Å²) in [5, 5.41) is 4.35. The molecule has 0 bridgehead atoms. The van der Waals surface area contributed by atoms with Crippen molar-refractivity contribution in [3.05, 3.63) is 63.1 Å². The fourth-order valence-corrected chi connectivity index (χ4v) is 2.63. The SMILES string of the molecule is CC[C@H](Oc1ccccc1Cl)C(=O)NCc1ccc(Cl)cc1Cl. The van der Waals surface area contributed by atoms with E-state index < -0.39 is 6.10 Å². The minimum absolute atomic E-state index is 0.224. The zero-order valence-electron chi connectivity index (χ0n) is 12.5. The highest BCUT2D eigenvalue weighted by Crippen LogP contribution is 2.25. The van der Waals surface area contributed by atoms with E-state index in [1.807, 2.05) is 6.92 Å². The maximum atomic E-state index is 12.3. The molecule has 0 aliphatic carbocycles. The summed E-state index contributed by atoms with van der Waals surface area (Å²) in [5.74, 6) is 0.263. The molecule has 0 saturated heterocycles. The Morgan fingerprint density at radius 1 is 1.13 bits per heavy atom. The van der Waals surface area contributed by atoms with Crippen LogP contribution in [0, 0.1) is 0 Å². The third kappa shape index (κ3) is 5.03. The van der Waals surface area contributed by atoms with Gasteiger partial charge >= 0.3 is 0 Å². The summed E-state index contributed by atoms with van der Waals surface area (Å²) in [7, 11) is 0. The van der Waals surface area contributed by atoms with E-state index in [0.717, 1.165) is 5.56 Å². The fourth-order valence-electron chi connectivity index (χ4n) is 1.98. The smallest absolute Gasteiger partial charge is 0.261 e. The Morgan fingerprint density at radius 2 is 1.87 bits per heavy atom. The van der Waals surface area contributed by atoms with Gasteiger partial charge in [-0.3, -0.25) is 4.79 Å². The van der Waals surface area contributed by atoms with E-state index in [2.05, 4.69) is 5.32 Å². The summed E-state index contributed by atoms with van der Waals surface area (Å²) in [6.45, 7) is 2.17. The van der Waals surface area contributed by atoms with Crippen molar-refractivity contribution in [1.82, 2.24) is 5.32 Å². The minimum atomic E-state index is -0.624. The van der Waals surface area contributed by atoms with Crippen molar-refractivity contribution in [3.8, 4) is 5.75 Å². The van der Waals surface area contributed by atoms with Crippen LogP contribution >= 0.6 is 34.8 Å². The molecule has 2 aromatic rings. The van der Waals surface area contributed by atoms with Gasteiger partial charge in [-0.15, -0.1) is 0 Å². The van der Waals surface area contributed by atoms with Crippen LogP contribution in [0.25, 0.3) is 0 Å². The van der Waals surface area contributed by atoms with Crippen molar-refractivity contribution in [2.75, 3.05) is 0 Å². The van der Waals surface area contributed by atoms with Crippen molar-refractivity contribution < 1.29 is 9.53 Å². The van der Waals surface area contributed by atoms with Crippen molar-refractivity contribution in [2.45, 2.75) is 26.0 Å². The molecular formula is C17H16Cl3NO2. The van der Waals surface area contributed by atoms with Gasteiger partial charge < -0.3 is 10.1 Å². The van der Waals surface area contributed by atoms with Crippen LogP contribution in [0.3, 0.4) is 0 Å². The third-order valence-corrected chi connectivity index (χ3v) is 4.14. The Labute approximate surface area is 150 Å². The molecule has 1 atom stereocenters. The second kappa shape index (κ2) is 8.44. The fraction of sp³-hybridized carbons (Fsp3) is 0.235. The lowest BCUT2D eigenvalue weighted by Crippen LogP contribution is -2.37. The number of carbonyl (C=O) groups excluding carboxylic acids is 1. The Hall–Kier alpha value is -1.42. The Kier molecular flexibility index (Phi) is 6.58. The van der Waals surface area contributed by atoms with Crippen molar-refractivity contribution in [2.24, 2.45) is 0 Å². The van der Waals surface area contributed by atoms with Crippen LogP contribution in [0.5, 0.6) is 5.75 Å². The van der Waals surface area contributed by atoms with Crippen LogP contribution in [0.1, 0.15) is 18.9 Å². The molecule has 1 amide bonds. The number of hydrogen-bond acceptors (Lipinski definition) is 2. The van der Waals surface area contributed by atoms with E-state index in [1.165, 1.54) is 0 Å². The van der Waals surface area contributed by atoms with Gasteiger partial charge in [-0.25, -0.2) is 0 Å². The molecule has 0 unspecified atom stereocenters. The van der Waals surface area contributed by atoms with Crippen molar-refractivity contribution >= 4 is 40.7 Å². The Morgan fingerprint density at radius 3 is 2.52 bits per heavy atom. The van der Waals surface area contributed by atoms with Gasteiger partial charge in [0.1, 0.15) is 5.75 Å². The lowest BCUT2D eigenvalue weighted by Gasteiger charge is -2.18. The van der Waals surface area contributed by atoms with Crippen LogP contribution in [-0.2, 0) is 11.3 Å². The van der Waals surface area contributed by atoms with Gasteiger partial charge in [-0.2, -0.15) is 0 Å². The number of nitrogens with one attached hydrogen (secondary N) is 1. The van der Waals surface area contributed by atoms with E-state index in [1.54, 1.807) is 42.5 Å². The van der Waals surface area contributed by atoms with Crippen LogP contribution in [-0.4, -0.2) is 12.0 Å². The first kappa shape index (κ1) is 17.9. The Bertz CT molecular complexity index is 691. The van der Waals surface area contributed by atoms with Gasteiger partial charge in [0.15, 0.2) is 6.10 Å². The number of benzene rings is 2. The highest BCUT2D eigenvalue weighted by Gasteiger charge is 2.19. The number of carbonyl (C=O) groups is 1. The monoisotopic (exact) mass is 371 g/mol. The third-order valence-electron chi connectivity index (χ3n) is 3.24. The molecule has 0 aliphatic heterocycles. The van der Waals surface area contributed by atoms with Crippen LogP contribution in [0.2, 0.25) is 15.1 Å². The molecule has 122 valence electrons. The van der Waals surface area contributed by atoms with Gasteiger partial charge in [0, 0.05) is 16.6 Å². The molecule has 0 spiro atoms.